The van der Waals surface area contributed by atoms with Crippen molar-refractivity contribution < 1.29 is 9.59 Å². The van der Waals surface area contributed by atoms with Crippen LogP contribution in [0.15, 0.2) is 24.3 Å². The summed E-state index contributed by atoms with van der Waals surface area (Å²) < 4.78 is 0. The molecule has 0 spiro atoms. The lowest BCUT2D eigenvalue weighted by atomic mass is 10.0. The van der Waals surface area contributed by atoms with Crippen molar-refractivity contribution in [3.05, 3.63) is 35.4 Å². The average molecular weight is 246 g/mol. The molecule has 1 aromatic rings. The summed E-state index contributed by atoms with van der Waals surface area (Å²) in [4.78, 5) is 22.7. The average Bonchev–Trinajstić information content (AvgIpc) is 2.69. The van der Waals surface area contributed by atoms with Gasteiger partial charge < -0.3 is 5.32 Å². The molecule has 0 saturated carbocycles. The molecular formula is C14H18N2O2. The van der Waals surface area contributed by atoms with Crippen LogP contribution in [-0.2, 0) is 11.2 Å². The van der Waals surface area contributed by atoms with E-state index in [1.54, 1.807) is 0 Å². The first-order valence-corrected chi connectivity index (χ1v) is 6.41. The maximum Gasteiger partial charge on any atom is 0.322 e. The van der Waals surface area contributed by atoms with Crippen molar-refractivity contribution in [3.8, 4) is 0 Å². The first kappa shape index (κ1) is 12.6. The molecular weight excluding hydrogens is 228 g/mol. The fourth-order valence-corrected chi connectivity index (χ4v) is 2.16. The predicted molar refractivity (Wildman–Crippen MR) is 69.1 cm³/mol. The number of hydrogen-bond acceptors (Lipinski definition) is 2. The monoisotopic (exact) mass is 246 g/mol. The molecule has 1 aliphatic heterocycles. The molecule has 1 aliphatic rings. The zero-order chi connectivity index (χ0) is 13.0. The van der Waals surface area contributed by atoms with Crippen LogP contribution < -0.4 is 10.6 Å². The third-order valence-corrected chi connectivity index (χ3v) is 3.13. The summed E-state index contributed by atoms with van der Waals surface area (Å²) in [6, 6.07) is 6.93. The van der Waals surface area contributed by atoms with Crippen molar-refractivity contribution >= 4 is 11.9 Å². The fraction of sp³-hybridized carbons (Fsp3) is 0.429. The Bertz CT molecular complexity index is 457. The molecule has 1 fully saturated rings. The van der Waals surface area contributed by atoms with Gasteiger partial charge in [-0.05, 0) is 24.0 Å². The lowest BCUT2D eigenvalue weighted by Crippen LogP contribution is -2.22. The maximum atomic E-state index is 11.6. The molecule has 1 aromatic carbocycles. The number of carbonyl (C=O) groups excluding carboxylic acids is 2. The molecule has 0 aliphatic carbocycles. The van der Waals surface area contributed by atoms with Gasteiger partial charge in [-0.15, -0.1) is 0 Å². The molecule has 3 amide bonds. The van der Waals surface area contributed by atoms with Crippen LogP contribution in [0.1, 0.15) is 43.4 Å². The van der Waals surface area contributed by atoms with Gasteiger partial charge >= 0.3 is 6.03 Å². The van der Waals surface area contributed by atoms with E-state index in [2.05, 4.69) is 23.6 Å². The van der Waals surface area contributed by atoms with Gasteiger partial charge in [-0.2, -0.15) is 0 Å². The third kappa shape index (κ3) is 2.88. The van der Waals surface area contributed by atoms with E-state index >= 15 is 0 Å². The van der Waals surface area contributed by atoms with Gasteiger partial charge in [0, 0.05) is 0 Å². The molecule has 0 aromatic heterocycles. The first-order chi connectivity index (χ1) is 8.70. The van der Waals surface area contributed by atoms with E-state index in [-0.39, 0.29) is 5.91 Å². The third-order valence-electron chi connectivity index (χ3n) is 3.13. The summed E-state index contributed by atoms with van der Waals surface area (Å²) in [6.45, 7) is 2.18. The Labute approximate surface area is 107 Å². The Morgan fingerprint density at radius 3 is 2.72 bits per heavy atom. The number of rotatable bonds is 5. The molecule has 18 heavy (non-hydrogen) atoms. The highest BCUT2D eigenvalue weighted by Gasteiger charge is 2.30. The minimum Gasteiger partial charge on any atom is -0.322 e. The number of aryl methyl sites for hydroxylation is 1. The maximum absolute atomic E-state index is 11.6. The van der Waals surface area contributed by atoms with Gasteiger partial charge in [-0.1, -0.05) is 44.0 Å². The SMILES string of the molecule is CCCCCc1cccc(C2NC(=O)NC2=O)c1. The number of urea groups is 1. The Balaban J connectivity index is 2.07. The van der Waals surface area contributed by atoms with Crippen LogP contribution in [0, 0.1) is 0 Å². The quantitative estimate of drug-likeness (QED) is 0.618. The van der Waals surface area contributed by atoms with Crippen molar-refractivity contribution in [3.63, 3.8) is 0 Å². The van der Waals surface area contributed by atoms with Crippen LogP contribution in [0.5, 0.6) is 0 Å². The molecule has 2 N–H and O–H groups in total. The second-order valence-electron chi connectivity index (χ2n) is 4.60. The van der Waals surface area contributed by atoms with Crippen LogP contribution >= 0.6 is 0 Å². The number of hydrogen-bond donors (Lipinski definition) is 2. The summed E-state index contributed by atoms with van der Waals surface area (Å²) >= 11 is 0. The smallest absolute Gasteiger partial charge is 0.322 e. The summed E-state index contributed by atoms with van der Waals surface area (Å²) in [5.74, 6) is -0.272. The largest absolute Gasteiger partial charge is 0.322 e. The van der Waals surface area contributed by atoms with Crippen LogP contribution in [0.25, 0.3) is 0 Å². The van der Waals surface area contributed by atoms with Gasteiger partial charge in [0.05, 0.1) is 0 Å². The molecule has 0 bridgehead atoms. The number of unbranched alkanes of at least 4 members (excludes halogenated alkanes) is 2. The Kier molecular flexibility index (Phi) is 3.97. The highest BCUT2D eigenvalue weighted by Crippen LogP contribution is 2.19. The van der Waals surface area contributed by atoms with E-state index < -0.39 is 12.1 Å². The van der Waals surface area contributed by atoms with Gasteiger partial charge in [0.2, 0.25) is 0 Å². The zero-order valence-electron chi connectivity index (χ0n) is 10.5. The summed E-state index contributed by atoms with van der Waals surface area (Å²) in [5, 5.41) is 4.86. The molecule has 1 heterocycles. The topological polar surface area (TPSA) is 58.2 Å². The van der Waals surface area contributed by atoms with E-state index in [0.29, 0.717) is 0 Å². The second-order valence-corrected chi connectivity index (χ2v) is 4.60. The lowest BCUT2D eigenvalue weighted by molar-refractivity contribution is -0.120. The molecule has 0 radical (unpaired) electrons. The van der Waals surface area contributed by atoms with Crippen molar-refractivity contribution in [2.75, 3.05) is 0 Å². The highest BCUT2D eigenvalue weighted by molar-refractivity contribution is 6.04. The number of imide groups is 1. The highest BCUT2D eigenvalue weighted by atomic mass is 16.2. The molecule has 1 saturated heterocycles. The van der Waals surface area contributed by atoms with E-state index in [9.17, 15) is 9.59 Å². The number of benzene rings is 1. The van der Waals surface area contributed by atoms with Gasteiger partial charge in [-0.3, -0.25) is 10.1 Å². The first-order valence-electron chi connectivity index (χ1n) is 6.41. The molecule has 1 atom stereocenters. The minimum absolute atomic E-state index is 0.272. The molecule has 96 valence electrons. The van der Waals surface area contributed by atoms with Crippen molar-refractivity contribution in [2.45, 2.75) is 38.6 Å². The van der Waals surface area contributed by atoms with Crippen LogP contribution in [0.3, 0.4) is 0 Å². The normalized spacial score (nSPS) is 18.6. The number of nitrogens with one attached hydrogen (secondary N) is 2. The van der Waals surface area contributed by atoms with Gasteiger partial charge in [-0.25, -0.2) is 4.79 Å². The molecule has 1 unspecified atom stereocenters. The van der Waals surface area contributed by atoms with Crippen LogP contribution in [-0.4, -0.2) is 11.9 Å². The van der Waals surface area contributed by atoms with Crippen molar-refractivity contribution in [1.29, 1.82) is 0 Å². The number of carbonyl (C=O) groups is 2. The predicted octanol–water partition coefficient (Wildman–Crippen LogP) is 2.30. The standard InChI is InChI=1S/C14H18N2O2/c1-2-3-4-6-10-7-5-8-11(9-10)12-13(17)16-14(18)15-12/h5,7-9,12H,2-4,6H2,1H3,(H2,15,16,17,18). The van der Waals surface area contributed by atoms with Gasteiger partial charge in [0.25, 0.3) is 5.91 Å². The van der Waals surface area contributed by atoms with Crippen LogP contribution in [0.2, 0.25) is 0 Å². The Morgan fingerprint density at radius 2 is 2.06 bits per heavy atom. The lowest BCUT2D eigenvalue weighted by Gasteiger charge is -2.09. The molecule has 4 heteroatoms. The van der Waals surface area contributed by atoms with Crippen molar-refractivity contribution in [1.82, 2.24) is 10.6 Å². The zero-order valence-corrected chi connectivity index (χ0v) is 10.5. The van der Waals surface area contributed by atoms with E-state index in [1.165, 1.54) is 18.4 Å². The minimum atomic E-state index is -0.538. The summed E-state index contributed by atoms with van der Waals surface area (Å²) in [6.07, 6.45) is 4.58. The number of amides is 3. The Hall–Kier alpha value is -1.84. The van der Waals surface area contributed by atoms with E-state index in [0.717, 1.165) is 18.4 Å². The summed E-state index contributed by atoms with van der Waals surface area (Å²) in [5.41, 5.74) is 2.07. The van der Waals surface area contributed by atoms with Crippen molar-refractivity contribution in [2.24, 2.45) is 0 Å². The second kappa shape index (κ2) is 5.67. The molecule has 4 nitrogen and oxygen atoms in total. The summed E-state index contributed by atoms with van der Waals surface area (Å²) in [7, 11) is 0. The Morgan fingerprint density at radius 1 is 1.22 bits per heavy atom. The van der Waals surface area contributed by atoms with Gasteiger partial charge in [0.15, 0.2) is 0 Å². The van der Waals surface area contributed by atoms with Gasteiger partial charge in [0.1, 0.15) is 6.04 Å². The van der Waals surface area contributed by atoms with E-state index in [1.807, 2.05) is 18.2 Å². The van der Waals surface area contributed by atoms with E-state index in [4.69, 9.17) is 0 Å². The molecule has 2 rings (SSSR count). The fourth-order valence-electron chi connectivity index (χ4n) is 2.16. The van der Waals surface area contributed by atoms with Crippen LogP contribution in [0.4, 0.5) is 4.79 Å².